The number of esters is 2. The molecule has 1 aliphatic rings. The second kappa shape index (κ2) is 11.2. The van der Waals surface area contributed by atoms with Crippen LogP contribution in [0.25, 0.3) is 6.08 Å². The Labute approximate surface area is 208 Å². The molecule has 0 fully saturated rings. The van der Waals surface area contributed by atoms with Crippen LogP contribution in [0.4, 0.5) is 0 Å². The molecule has 9 heteroatoms. The summed E-state index contributed by atoms with van der Waals surface area (Å²) in [6.45, 7) is 4.70. The van der Waals surface area contributed by atoms with Gasteiger partial charge in [0.25, 0.3) is 0 Å². The maximum Gasteiger partial charge on any atom is 0.363 e. The normalized spacial score (nSPS) is 13.7. The van der Waals surface area contributed by atoms with Gasteiger partial charge in [0.05, 0.1) is 25.9 Å². The van der Waals surface area contributed by atoms with Crippen LogP contribution in [0.5, 0.6) is 23.0 Å². The number of methoxy groups -OCH3 is 1. The smallest absolute Gasteiger partial charge is 0.363 e. The van der Waals surface area contributed by atoms with Gasteiger partial charge in [-0.3, -0.25) is 4.98 Å². The van der Waals surface area contributed by atoms with E-state index in [1.165, 1.54) is 13.3 Å². The Morgan fingerprint density at radius 2 is 1.75 bits per heavy atom. The fourth-order valence-corrected chi connectivity index (χ4v) is 3.38. The van der Waals surface area contributed by atoms with E-state index in [9.17, 15) is 9.59 Å². The molecular weight excluding hydrogens is 464 g/mol. The van der Waals surface area contributed by atoms with Crippen LogP contribution in [0, 0.1) is 0 Å². The van der Waals surface area contributed by atoms with Gasteiger partial charge in [0.2, 0.25) is 5.90 Å². The molecule has 3 aromatic rings. The largest absolute Gasteiger partial charge is 0.493 e. The molecule has 0 bridgehead atoms. The van der Waals surface area contributed by atoms with Crippen molar-refractivity contribution in [2.45, 2.75) is 13.8 Å². The van der Waals surface area contributed by atoms with Gasteiger partial charge in [-0.25, -0.2) is 14.6 Å². The third-order valence-corrected chi connectivity index (χ3v) is 5.00. The molecule has 4 rings (SSSR count). The van der Waals surface area contributed by atoms with E-state index in [0.29, 0.717) is 47.2 Å². The minimum Gasteiger partial charge on any atom is -0.493 e. The van der Waals surface area contributed by atoms with E-state index in [1.54, 1.807) is 60.8 Å². The summed E-state index contributed by atoms with van der Waals surface area (Å²) in [7, 11) is 1.45. The van der Waals surface area contributed by atoms with Gasteiger partial charge < -0.3 is 23.7 Å². The van der Waals surface area contributed by atoms with Gasteiger partial charge in [-0.15, -0.1) is 0 Å². The van der Waals surface area contributed by atoms with Crippen molar-refractivity contribution in [1.82, 2.24) is 4.98 Å². The highest BCUT2D eigenvalue weighted by Gasteiger charge is 2.25. The quantitative estimate of drug-likeness (QED) is 0.247. The van der Waals surface area contributed by atoms with Crippen molar-refractivity contribution < 1.29 is 33.3 Å². The third kappa shape index (κ3) is 5.52. The number of carbonyl (C=O) groups excluding carboxylic acids is 2. The average Bonchev–Trinajstić information content (AvgIpc) is 3.26. The van der Waals surface area contributed by atoms with E-state index < -0.39 is 11.9 Å². The highest BCUT2D eigenvalue weighted by atomic mass is 16.6. The molecule has 0 unspecified atom stereocenters. The van der Waals surface area contributed by atoms with Crippen molar-refractivity contribution in [2.24, 2.45) is 4.99 Å². The fourth-order valence-electron chi connectivity index (χ4n) is 3.38. The summed E-state index contributed by atoms with van der Waals surface area (Å²) in [5, 5.41) is 0. The summed E-state index contributed by atoms with van der Waals surface area (Å²) in [6, 6.07) is 13.3. The van der Waals surface area contributed by atoms with Gasteiger partial charge in [0.15, 0.2) is 28.7 Å². The number of aromatic nitrogens is 1. The van der Waals surface area contributed by atoms with Crippen molar-refractivity contribution in [1.29, 1.82) is 0 Å². The van der Waals surface area contributed by atoms with Crippen LogP contribution in [0.3, 0.4) is 0 Å². The number of benzene rings is 2. The van der Waals surface area contributed by atoms with E-state index in [0.717, 1.165) is 0 Å². The maximum absolute atomic E-state index is 12.5. The number of nitrogens with zero attached hydrogens (tertiary/aromatic N) is 2. The molecule has 2 heterocycles. The molecule has 0 atom stereocenters. The number of cyclic esters (lactones) is 1. The van der Waals surface area contributed by atoms with Crippen LogP contribution < -0.4 is 18.9 Å². The van der Waals surface area contributed by atoms with E-state index >= 15 is 0 Å². The summed E-state index contributed by atoms with van der Waals surface area (Å²) in [4.78, 5) is 33.1. The van der Waals surface area contributed by atoms with Crippen LogP contribution in [-0.4, -0.2) is 43.1 Å². The second-order valence-corrected chi connectivity index (χ2v) is 7.41. The molecular formula is C27H24N2O7. The van der Waals surface area contributed by atoms with Crippen LogP contribution in [0.2, 0.25) is 0 Å². The SMILES string of the molecule is CCOc1ccc(C2=N/C(=C\c3ccc(OC(=O)c4cccnc4)c(OC)c3)C(=O)O2)cc1OCC. The molecule has 9 nitrogen and oxygen atoms in total. The Morgan fingerprint density at radius 3 is 2.47 bits per heavy atom. The third-order valence-electron chi connectivity index (χ3n) is 5.00. The zero-order valence-corrected chi connectivity index (χ0v) is 20.0. The molecule has 1 aromatic heterocycles. The molecule has 2 aromatic carbocycles. The maximum atomic E-state index is 12.5. The van der Waals surface area contributed by atoms with Gasteiger partial charge in [0.1, 0.15) is 0 Å². The summed E-state index contributed by atoms with van der Waals surface area (Å²) < 4.78 is 27.4. The Morgan fingerprint density at radius 1 is 0.972 bits per heavy atom. The fraction of sp³-hybridized carbons (Fsp3) is 0.185. The van der Waals surface area contributed by atoms with Crippen molar-refractivity contribution in [3.8, 4) is 23.0 Å². The molecule has 0 aliphatic carbocycles. The van der Waals surface area contributed by atoms with Crippen LogP contribution in [0.15, 0.2) is 71.6 Å². The number of carbonyl (C=O) groups is 2. The van der Waals surface area contributed by atoms with Crippen LogP contribution in [-0.2, 0) is 9.53 Å². The number of pyridine rings is 1. The summed E-state index contributed by atoms with van der Waals surface area (Å²) in [6.07, 6.45) is 4.54. The van der Waals surface area contributed by atoms with Crippen molar-refractivity contribution in [3.63, 3.8) is 0 Å². The molecule has 0 amide bonds. The zero-order valence-electron chi connectivity index (χ0n) is 20.0. The van der Waals surface area contributed by atoms with Crippen LogP contribution >= 0.6 is 0 Å². The summed E-state index contributed by atoms with van der Waals surface area (Å²) in [5.74, 6) is 0.666. The van der Waals surface area contributed by atoms with Crippen molar-refractivity contribution in [2.75, 3.05) is 20.3 Å². The molecule has 36 heavy (non-hydrogen) atoms. The Kier molecular flexibility index (Phi) is 7.60. The van der Waals surface area contributed by atoms with Gasteiger partial charge in [-0.2, -0.15) is 0 Å². The number of aliphatic imine (C=N–C) groups is 1. The first-order chi connectivity index (χ1) is 17.5. The van der Waals surface area contributed by atoms with Crippen molar-refractivity contribution >= 4 is 23.9 Å². The summed E-state index contributed by atoms with van der Waals surface area (Å²) in [5.41, 5.74) is 1.60. The predicted octanol–water partition coefficient (Wildman–Crippen LogP) is 4.45. The van der Waals surface area contributed by atoms with E-state index in [-0.39, 0.29) is 17.3 Å². The topological polar surface area (TPSA) is 106 Å². The van der Waals surface area contributed by atoms with Crippen molar-refractivity contribution in [3.05, 3.63) is 83.3 Å². The van der Waals surface area contributed by atoms with E-state index in [1.807, 2.05) is 13.8 Å². The number of ether oxygens (including phenoxy) is 5. The Bertz CT molecular complexity index is 1330. The van der Waals surface area contributed by atoms with E-state index in [2.05, 4.69) is 9.98 Å². The molecule has 0 N–H and O–H groups in total. The monoisotopic (exact) mass is 488 g/mol. The van der Waals surface area contributed by atoms with Gasteiger partial charge in [-0.05, 0) is 68.0 Å². The average molecular weight is 488 g/mol. The molecule has 1 aliphatic heterocycles. The molecule has 0 saturated carbocycles. The standard InChI is InChI=1S/C27H24N2O7/c1-4-33-21-11-9-18(15-24(21)34-5-2)25-29-20(27(31)36-25)13-17-8-10-22(23(14-17)32-3)35-26(30)19-7-6-12-28-16-19/h6-16H,4-5H2,1-3H3/b20-13-. The van der Waals surface area contributed by atoms with E-state index in [4.69, 9.17) is 23.7 Å². The lowest BCUT2D eigenvalue weighted by atomic mass is 10.1. The number of hydrogen-bond donors (Lipinski definition) is 0. The minimum atomic E-state index is -0.595. The Balaban J connectivity index is 1.57. The predicted molar refractivity (Wildman–Crippen MR) is 132 cm³/mol. The molecule has 0 radical (unpaired) electrons. The molecule has 184 valence electrons. The first-order valence-corrected chi connectivity index (χ1v) is 11.2. The zero-order chi connectivity index (χ0) is 25.5. The lowest BCUT2D eigenvalue weighted by molar-refractivity contribution is -0.129. The summed E-state index contributed by atoms with van der Waals surface area (Å²) >= 11 is 0. The Hall–Kier alpha value is -4.66. The highest BCUT2D eigenvalue weighted by Crippen LogP contribution is 2.32. The lowest BCUT2D eigenvalue weighted by Crippen LogP contribution is -2.09. The van der Waals surface area contributed by atoms with Gasteiger partial charge in [-0.1, -0.05) is 6.07 Å². The highest BCUT2D eigenvalue weighted by molar-refractivity contribution is 6.13. The lowest BCUT2D eigenvalue weighted by Gasteiger charge is -2.11. The minimum absolute atomic E-state index is 0.110. The molecule has 0 spiro atoms. The first kappa shape index (κ1) is 24.5. The van der Waals surface area contributed by atoms with Gasteiger partial charge >= 0.3 is 11.9 Å². The number of rotatable bonds is 9. The number of hydrogen-bond acceptors (Lipinski definition) is 9. The van der Waals surface area contributed by atoms with Gasteiger partial charge in [0, 0.05) is 18.0 Å². The second-order valence-electron chi connectivity index (χ2n) is 7.41. The van der Waals surface area contributed by atoms with Crippen LogP contribution in [0.1, 0.15) is 35.3 Å². The first-order valence-electron chi connectivity index (χ1n) is 11.2. The molecule has 0 saturated heterocycles.